The molecule has 0 atom stereocenters. The van der Waals surface area contributed by atoms with Crippen LogP contribution in [0.3, 0.4) is 0 Å². The molecule has 0 saturated heterocycles. The third-order valence-corrected chi connectivity index (χ3v) is 2.00. The molecule has 0 aliphatic heterocycles. The third-order valence-electron chi connectivity index (χ3n) is 1.80. The number of hydrogen-bond acceptors (Lipinski definition) is 4. The molecule has 0 saturated carbocycles. The van der Waals surface area contributed by atoms with Gasteiger partial charge in [0.05, 0.1) is 12.4 Å². The zero-order valence-electron chi connectivity index (χ0n) is 8.09. The lowest BCUT2D eigenvalue weighted by Gasteiger charge is -2.02. The van der Waals surface area contributed by atoms with E-state index >= 15 is 0 Å². The van der Waals surface area contributed by atoms with Crippen LogP contribution in [0.1, 0.15) is 10.4 Å². The van der Waals surface area contributed by atoms with E-state index < -0.39 is 0 Å². The molecule has 16 heavy (non-hydrogen) atoms. The summed E-state index contributed by atoms with van der Waals surface area (Å²) in [4.78, 5) is 23.2. The lowest BCUT2D eigenvalue weighted by molar-refractivity contribution is 0.102. The summed E-state index contributed by atoms with van der Waals surface area (Å²) in [6.45, 7) is 0. The Bertz CT molecular complexity index is 486. The Hall–Kier alpha value is -2.01. The van der Waals surface area contributed by atoms with Crippen LogP contribution in [0, 0.1) is 0 Å². The molecule has 0 bridgehead atoms. The summed E-state index contributed by atoms with van der Waals surface area (Å²) < 4.78 is 0. The van der Waals surface area contributed by atoms with Gasteiger partial charge in [-0.25, -0.2) is 9.97 Å². The van der Waals surface area contributed by atoms with Crippen LogP contribution in [0.25, 0.3) is 0 Å². The molecule has 80 valence electrons. The Labute approximate surface area is 96.5 Å². The standard InChI is InChI=1S/C10H7ClN4O/c11-8-5-14-9(6-13-8)15-10(16)7-1-3-12-4-2-7/h1-6H,(H,14,15,16). The Morgan fingerprint density at radius 3 is 2.56 bits per heavy atom. The number of halogens is 1. The molecule has 0 aliphatic rings. The lowest BCUT2D eigenvalue weighted by atomic mass is 10.2. The number of carbonyl (C=O) groups excluding carboxylic acids is 1. The average molecular weight is 235 g/mol. The van der Waals surface area contributed by atoms with Crippen molar-refractivity contribution in [2.45, 2.75) is 0 Å². The van der Waals surface area contributed by atoms with Crippen molar-refractivity contribution in [3.8, 4) is 0 Å². The Balaban J connectivity index is 2.11. The van der Waals surface area contributed by atoms with Gasteiger partial charge in [-0.05, 0) is 12.1 Å². The van der Waals surface area contributed by atoms with E-state index in [2.05, 4.69) is 20.3 Å². The third kappa shape index (κ3) is 2.52. The first-order chi connectivity index (χ1) is 7.75. The van der Waals surface area contributed by atoms with Crippen molar-refractivity contribution in [2.75, 3.05) is 5.32 Å². The SMILES string of the molecule is O=C(Nc1cnc(Cl)cn1)c1ccncc1. The normalized spacial score (nSPS) is 9.81. The fourth-order valence-corrected chi connectivity index (χ4v) is 1.17. The zero-order valence-corrected chi connectivity index (χ0v) is 8.85. The van der Waals surface area contributed by atoms with Gasteiger partial charge in [0.1, 0.15) is 5.15 Å². The van der Waals surface area contributed by atoms with Crippen LogP contribution in [0.2, 0.25) is 5.15 Å². The summed E-state index contributed by atoms with van der Waals surface area (Å²) in [5.74, 6) is 0.0882. The van der Waals surface area contributed by atoms with Gasteiger partial charge in [-0.2, -0.15) is 0 Å². The van der Waals surface area contributed by atoms with Crippen LogP contribution in [-0.2, 0) is 0 Å². The number of nitrogens with zero attached hydrogens (tertiary/aromatic N) is 3. The van der Waals surface area contributed by atoms with Gasteiger partial charge in [0.2, 0.25) is 0 Å². The largest absolute Gasteiger partial charge is 0.305 e. The number of hydrogen-bond donors (Lipinski definition) is 1. The van der Waals surface area contributed by atoms with Gasteiger partial charge in [0.25, 0.3) is 5.91 Å². The molecule has 2 aromatic rings. The van der Waals surface area contributed by atoms with Crippen molar-refractivity contribution in [1.29, 1.82) is 0 Å². The fraction of sp³-hybridized carbons (Fsp3) is 0. The van der Waals surface area contributed by atoms with Crippen LogP contribution < -0.4 is 5.32 Å². The van der Waals surface area contributed by atoms with E-state index in [-0.39, 0.29) is 11.1 Å². The maximum atomic E-state index is 11.7. The predicted molar refractivity (Wildman–Crippen MR) is 59.2 cm³/mol. The number of nitrogens with one attached hydrogen (secondary N) is 1. The molecule has 5 nitrogen and oxygen atoms in total. The summed E-state index contributed by atoms with van der Waals surface area (Å²) in [7, 11) is 0. The van der Waals surface area contributed by atoms with Gasteiger partial charge in [0.15, 0.2) is 5.82 Å². The summed E-state index contributed by atoms with van der Waals surface area (Å²) in [5, 5.41) is 2.87. The molecular formula is C10H7ClN4O. The van der Waals surface area contributed by atoms with Gasteiger partial charge < -0.3 is 5.32 Å². The topological polar surface area (TPSA) is 67.8 Å². The summed E-state index contributed by atoms with van der Waals surface area (Å²) in [6, 6.07) is 3.22. The number of aromatic nitrogens is 3. The van der Waals surface area contributed by atoms with E-state index in [4.69, 9.17) is 11.6 Å². The molecule has 2 aromatic heterocycles. The highest BCUT2D eigenvalue weighted by molar-refractivity contribution is 6.29. The minimum atomic E-state index is -0.265. The molecule has 6 heteroatoms. The monoisotopic (exact) mass is 234 g/mol. The van der Waals surface area contributed by atoms with E-state index in [9.17, 15) is 4.79 Å². The zero-order chi connectivity index (χ0) is 11.4. The van der Waals surface area contributed by atoms with Gasteiger partial charge in [-0.3, -0.25) is 9.78 Å². The fourth-order valence-electron chi connectivity index (χ4n) is 1.07. The number of pyridine rings is 1. The first-order valence-electron chi connectivity index (χ1n) is 4.44. The van der Waals surface area contributed by atoms with Crippen molar-refractivity contribution in [2.24, 2.45) is 0 Å². The molecule has 0 unspecified atom stereocenters. The highest BCUT2D eigenvalue weighted by Crippen LogP contribution is 2.07. The van der Waals surface area contributed by atoms with E-state index in [0.29, 0.717) is 11.4 Å². The lowest BCUT2D eigenvalue weighted by Crippen LogP contribution is -2.12. The Morgan fingerprint density at radius 1 is 1.19 bits per heavy atom. The van der Waals surface area contributed by atoms with Crippen LogP contribution in [0.4, 0.5) is 5.82 Å². The summed E-state index contributed by atoms with van der Waals surface area (Å²) in [6.07, 6.45) is 5.84. The van der Waals surface area contributed by atoms with Gasteiger partial charge in [-0.15, -0.1) is 0 Å². The van der Waals surface area contributed by atoms with Crippen molar-refractivity contribution < 1.29 is 4.79 Å². The maximum Gasteiger partial charge on any atom is 0.256 e. The Morgan fingerprint density at radius 2 is 1.94 bits per heavy atom. The summed E-state index contributed by atoms with van der Waals surface area (Å²) in [5.41, 5.74) is 0.506. The molecule has 1 amide bonds. The molecular weight excluding hydrogens is 228 g/mol. The Kier molecular flexibility index (Phi) is 3.07. The highest BCUT2D eigenvalue weighted by atomic mass is 35.5. The predicted octanol–water partition coefficient (Wildman–Crippen LogP) is 1.78. The number of carbonyl (C=O) groups is 1. The molecule has 0 aliphatic carbocycles. The van der Waals surface area contributed by atoms with Gasteiger partial charge in [0, 0.05) is 18.0 Å². The van der Waals surface area contributed by atoms with Gasteiger partial charge >= 0.3 is 0 Å². The smallest absolute Gasteiger partial charge is 0.256 e. The van der Waals surface area contributed by atoms with Crippen LogP contribution in [0.15, 0.2) is 36.9 Å². The second-order valence-corrected chi connectivity index (χ2v) is 3.30. The van der Waals surface area contributed by atoms with Crippen molar-refractivity contribution in [3.05, 3.63) is 47.6 Å². The molecule has 2 rings (SSSR count). The molecule has 1 N–H and O–H groups in total. The highest BCUT2D eigenvalue weighted by Gasteiger charge is 2.05. The second-order valence-electron chi connectivity index (χ2n) is 2.91. The van der Waals surface area contributed by atoms with E-state index in [1.165, 1.54) is 12.4 Å². The van der Waals surface area contributed by atoms with Crippen molar-refractivity contribution in [3.63, 3.8) is 0 Å². The number of anilines is 1. The molecule has 0 fully saturated rings. The van der Waals surface area contributed by atoms with Crippen LogP contribution in [0.5, 0.6) is 0 Å². The average Bonchev–Trinajstić information content (AvgIpc) is 2.33. The summed E-state index contributed by atoms with van der Waals surface area (Å²) >= 11 is 5.57. The minimum Gasteiger partial charge on any atom is -0.305 e. The van der Waals surface area contributed by atoms with Crippen molar-refractivity contribution >= 4 is 23.3 Å². The maximum absolute atomic E-state index is 11.7. The van der Waals surface area contributed by atoms with E-state index in [1.807, 2.05) is 0 Å². The quantitative estimate of drug-likeness (QED) is 0.860. The number of rotatable bonds is 2. The molecule has 2 heterocycles. The first kappa shape index (κ1) is 10.5. The van der Waals surface area contributed by atoms with Gasteiger partial charge in [-0.1, -0.05) is 11.6 Å². The molecule has 0 radical (unpaired) electrons. The number of amides is 1. The molecule has 0 spiro atoms. The molecule has 0 aromatic carbocycles. The van der Waals surface area contributed by atoms with Crippen LogP contribution in [-0.4, -0.2) is 20.9 Å². The second kappa shape index (κ2) is 4.67. The van der Waals surface area contributed by atoms with Crippen molar-refractivity contribution in [1.82, 2.24) is 15.0 Å². The minimum absolute atomic E-state index is 0.265. The van der Waals surface area contributed by atoms with E-state index in [1.54, 1.807) is 24.5 Å². The van der Waals surface area contributed by atoms with E-state index in [0.717, 1.165) is 0 Å². The van der Waals surface area contributed by atoms with Crippen LogP contribution >= 0.6 is 11.6 Å². The first-order valence-corrected chi connectivity index (χ1v) is 4.82.